The lowest BCUT2D eigenvalue weighted by Gasteiger charge is -2.04. The molecule has 0 saturated carbocycles. The minimum atomic E-state index is -0.569. The van der Waals surface area contributed by atoms with Crippen molar-refractivity contribution in [1.29, 1.82) is 0 Å². The normalized spacial score (nSPS) is 11.0. The highest BCUT2D eigenvalue weighted by Crippen LogP contribution is 2.04. The number of hydrogen-bond donors (Lipinski definition) is 0. The first kappa shape index (κ1) is 14.0. The van der Waals surface area contributed by atoms with Gasteiger partial charge in [0.1, 0.15) is 6.61 Å². The molecular weight excluding hydrogens is 220 g/mol. The van der Waals surface area contributed by atoms with Gasteiger partial charge in [-0.25, -0.2) is 9.59 Å². The van der Waals surface area contributed by atoms with Crippen LogP contribution in [0, 0.1) is 0 Å². The van der Waals surface area contributed by atoms with E-state index in [2.05, 4.69) is 0 Å². The molecule has 0 unspecified atom stereocenters. The molecule has 0 aromatic rings. The Hall–Kier alpha value is -1.03. The topological polar surface area (TPSA) is 52.6 Å². The third-order valence-electron chi connectivity index (χ3n) is 1.53. The second-order valence-electron chi connectivity index (χ2n) is 2.60. The maximum atomic E-state index is 11.3. The molecule has 5 heteroatoms. The van der Waals surface area contributed by atoms with Crippen molar-refractivity contribution in [3.63, 3.8) is 0 Å². The van der Waals surface area contributed by atoms with Crippen LogP contribution in [-0.4, -0.2) is 31.0 Å². The molecule has 86 valence electrons. The van der Waals surface area contributed by atoms with E-state index in [-0.39, 0.29) is 19.1 Å². The molecule has 0 radical (unpaired) electrons. The van der Waals surface area contributed by atoms with Gasteiger partial charge in [0.05, 0.1) is 12.5 Å². The zero-order chi connectivity index (χ0) is 11.7. The SMILES string of the molecule is CCOC(=O)/C(=C\C(=O)OCCCl)CC. The van der Waals surface area contributed by atoms with Gasteiger partial charge in [0.15, 0.2) is 0 Å². The van der Waals surface area contributed by atoms with Crippen LogP contribution in [0.4, 0.5) is 0 Å². The van der Waals surface area contributed by atoms with Gasteiger partial charge >= 0.3 is 11.9 Å². The predicted molar refractivity (Wildman–Crippen MR) is 56.7 cm³/mol. The highest BCUT2D eigenvalue weighted by molar-refractivity contribution is 6.18. The van der Waals surface area contributed by atoms with Crippen molar-refractivity contribution in [2.75, 3.05) is 19.1 Å². The standard InChI is InChI=1S/C10H15ClO4/c1-3-8(10(13)14-4-2)7-9(12)15-6-5-11/h7H,3-6H2,1-2H3/b8-7-. The van der Waals surface area contributed by atoms with Crippen LogP contribution in [0.1, 0.15) is 20.3 Å². The van der Waals surface area contributed by atoms with E-state index in [1.54, 1.807) is 13.8 Å². The summed E-state index contributed by atoms with van der Waals surface area (Å²) in [5.74, 6) is -0.816. The number of esters is 2. The van der Waals surface area contributed by atoms with Crippen molar-refractivity contribution in [2.24, 2.45) is 0 Å². The van der Waals surface area contributed by atoms with Crippen molar-refractivity contribution in [2.45, 2.75) is 20.3 Å². The molecule has 0 aromatic heterocycles. The molecule has 0 aliphatic heterocycles. The van der Waals surface area contributed by atoms with Crippen molar-refractivity contribution < 1.29 is 19.1 Å². The maximum Gasteiger partial charge on any atom is 0.334 e. The molecule has 0 aliphatic carbocycles. The molecular formula is C10H15ClO4. The molecule has 0 bridgehead atoms. The Morgan fingerprint density at radius 3 is 2.40 bits per heavy atom. The largest absolute Gasteiger partial charge is 0.463 e. The summed E-state index contributed by atoms with van der Waals surface area (Å²) >= 11 is 5.34. The van der Waals surface area contributed by atoms with Gasteiger partial charge in [0, 0.05) is 11.6 Å². The quantitative estimate of drug-likeness (QED) is 0.399. The number of alkyl halides is 1. The minimum Gasteiger partial charge on any atom is -0.463 e. The van der Waals surface area contributed by atoms with Gasteiger partial charge in [-0.3, -0.25) is 0 Å². The molecule has 0 aromatic carbocycles. The number of rotatable bonds is 6. The van der Waals surface area contributed by atoms with Gasteiger partial charge in [0.25, 0.3) is 0 Å². The zero-order valence-electron chi connectivity index (χ0n) is 8.92. The van der Waals surface area contributed by atoms with Crippen molar-refractivity contribution in [3.8, 4) is 0 Å². The summed E-state index contributed by atoms with van der Waals surface area (Å²) in [5, 5.41) is 0. The lowest BCUT2D eigenvalue weighted by atomic mass is 10.2. The average Bonchev–Trinajstić information content (AvgIpc) is 2.23. The molecule has 4 nitrogen and oxygen atoms in total. The summed E-state index contributed by atoms with van der Waals surface area (Å²) in [7, 11) is 0. The first-order valence-corrected chi connectivity index (χ1v) is 5.29. The van der Waals surface area contributed by atoms with E-state index in [1.807, 2.05) is 0 Å². The van der Waals surface area contributed by atoms with Gasteiger partial charge in [0.2, 0.25) is 0 Å². The van der Waals surface area contributed by atoms with Gasteiger partial charge in [-0.05, 0) is 13.3 Å². The molecule has 0 N–H and O–H groups in total. The molecule has 15 heavy (non-hydrogen) atoms. The third kappa shape index (κ3) is 6.12. The fourth-order valence-electron chi connectivity index (χ4n) is 0.852. The predicted octanol–water partition coefficient (Wildman–Crippen LogP) is 1.67. The molecule has 0 heterocycles. The molecule has 0 rings (SSSR count). The van der Waals surface area contributed by atoms with E-state index < -0.39 is 11.9 Å². The second kappa shape index (κ2) is 8.29. The van der Waals surface area contributed by atoms with Crippen LogP contribution in [0.5, 0.6) is 0 Å². The number of carbonyl (C=O) groups excluding carboxylic acids is 2. The lowest BCUT2D eigenvalue weighted by molar-refractivity contribution is -0.141. The monoisotopic (exact) mass is 234 g/mol. The van der Waals surface area contributed by atoms with Crippen LogP contribution in [-0.2, 0) is 19.1 Å². The Balaban J connectivity index is 4.31. The summed E-state index contributed by atoms with van der Waals surface area (Å²) in [6, 6.07) is 0. The highest BCUT2D eigenvalue weighted by atomic mass is 35.5. The van der Waals surface area contributed by atoms with Crippen LogP contribution in [0.3, 0.4) is 0 Å². The van der Waals surface area contributed by atoms with Crippen LogP contribution in [0.15, 0.2) is 11.6 Å². The van der Waals surface area contributed by atoms with Crippen LogP contribution in [0.25, 0.3) is 0 Å². The molecule has 0 aliphatic rings. The first-order chi connectivity index (χ1) is 7.15. The summed E-state index contributed by atoms with van der Waals surface area (Å²) in [6.45, 7) is 3.89. The van der Waals surface area contributed by atoms with Crippen molar-refractivity contribution in [1.82, 2.24) is 0 Å². The molecule has 0 saturated heterocycles. The third-order valence-corrected chi connectivity index (χ3v) is 1.69. The van der Waals surface area contributed by atoms with Gasteiger partial charge in [-0.1, -0.05) is 6.92 Å². The van der Waals surface area contributed by atoms with E-state index in [1.165, 1.54) is 0 Å². The molecule has 0 atom stereocenters. The average molecular weight is 235 g/mol. The summed E-state index contributed by atoms with van der Waals surface area (Å²) in [6.07, 6.45) is 1.57. The summed E-state index contributed by atoms with van der Waals surface area (Å²) < 4.78 is 9.46. The summed E-state index contributed by atoms with van der Waals surface area (Å²) in [5.41, 5.74) is 0.302. The van der Waals surface area contributed by atoms with Crippen molar-refractivity contribution >= 4 is 23.5 Å². The van der Waals surface area contributed by atoms with E-state index in [0.29, 0.717) is 12.0 Å². The van der Waals surface area contributed by atoms with E-state index in [9.17, 15) is 9.59 Å². The number of halogens is 1. The van der Waals surface area contributed by atoms with Gasteiger partial charge < -0.3 is 9.47 Å². The number of hydrogen-bond acceptors (Lipinski definition) is 4. The fourth-order valence-corrected chi connectivity index (χ4v) is 0.929. The second-order valence-corrected chi connectivity index (χ2v) is 2.98. The Labute approximate surface area is 94.2 Å². The van der Waals surface area contributed by atoms with Crippen LogP contribution in [0.2, 0.25) is 0 Å². The fraction of sp³-hybridized carbons (Fsp3) is 0.600. The lowest BCUT2D eigenvalue weighted by Crippen LogP contribution is -2.11. The van der Waals surface area contributed by atoms with Crippen LogP contribution >= 0.6 is 11.6 Å². The first-order valence-electron chi connectivity index (χ1n) is 4.76. The Morgan fingerprint density at radius 2 is 1.93 bits per heavy atom. The minimum absolute atomic E-state index is 0.136. The van der Waals surface area contributed by atoms with E-state index in [0.717, 1.165) is 6.08 Å². The Bertz CT molecular complexity index is 248. The Kier molecular flexibility index (Phi) is 7.72. The molecule has 0 spiro atoms. The summed E-state index contributed by atoms with van der Waals surface area (Å²) in [4.78, 5) is 22.4. The molecule has 0 fully saturated rings. The van der Waals surface area contributed by atoms with Crippen molar-refractivity contribution in [3.05, 3.63) is 11.6 Å². The van der Waals surface area contributed by atoms with Gasteiger partial charge in [-0.15, -0.1) is 11.6 Å². The van der Waals surface area contributed by atoms with E-state index >= 15 is 0 Å². The number of ether oxygens (including phenoxy) is 2. The Morgan fingerprint density at radius 1 is 1.27 bits per heavy atom. The number of carbonyl (C=O) groups is 2. The smallest absolute Gasteiger partial charge is 0.334 e. The zero-order valence-corrected chi connectivity index (χ0v) is 9.67. The van der Waals surface area contributed by atoms with Gasteiger partial charge in [-0.2, -0.15) is 0 Å². The maximum absolute atomic E-state index is 11.3. The highest BCUT2D eigenvalue weighted by Gasteiger charge is 2.10. The molecule has 0 amide bonds. The van der Waals surface area contributed by atoms with E-state index in [4.69, 9.17) is 21.1 Å². The van der Waals surface area contributed by atoms with Crippen LogP contribution < -0.4 is 0 Å².